The molecule has 3 fully saturated rings. The third kappa shape index (κ3) is 3.59. The molecule has 2 amide bonds. The summed E-state index contributed by atoms with van der Waals surface area (Å²) >= 11 is 0. The van der Waals surface area contributed by atoms with Crippen molar-refractivity contribution >= 4 is 21.8 Å². The van der Waals surface area contributed by atoms with Crippen molar-refractivity contribution in [1.29, 1.82) is 0 Å². The number of sulfonamides is 1. The van der Waals surface area contributed by atoms with Gasteiger partial charge >= 0.3 is 0 Å². The Morgan fingerprint density at radius 1 is 0.933 bits per heavy atom. The normalized spacial score (nSPS) is 23.1. The minimum atomic E-state index is -3.57. The summed E-state index contributed by atoms with van der Waals surface area (Å²) < 4.78 is 28.0. The summed E-state index contributed by atoms with van der Waals surface area (Å²) in [5, 5.41) is 0. The van der Waals surface area contributed by atoms with E-state index in [1.807, 2.05) is 37.8 Å². The van der Waals surface area contributed by atoms with Gasteiger partial charge in [-0.2, -0.15) is 4.31 Å². The van der Waals surface area contributed by atoms with E-state index in [0.29, 0.717) is 37.5 Å². The van der Waals surface area contributed by atoms with Gasteiger partial charge in [0.2, 0.25) is 21.8 Å². The number of piperazine rings is 1. The van der Waals surface area contributed by atoms with Gasteiger partial charge in [0.1, 0.15) is 0 Å². The average Bonchev–Trinajstić information content (AvgIpc) is 3.22. The maximum atomic E-state index is 13.3. The molecule has 0 radical (unpaired) electrons. The number of likely N-dealkylation sites (tertiary alicyclic amines) is 1. The second-order valence-electron chi connectivity index (χ2n) is 9.18. The molecule has 0 bridgehead atoms. The molecule has 1 aliphatic carbocycles. The van der Waals surface area contributed by atoms with Crippen LogP contribution in [0.2, 0.25) is 0 Å². The van der Waals surface area contributed by atoms with Crippen molar-refractivity contribution in [2.24, 2.45) is 5.41 Å². The predicted molar refractivity (Wildman–Crippen MR) is 113 cm³/mol. The summed E-state index contributed by atoms with van der Waals surface area (Å²) in [6, 6.07) is 3.80. The third-order valence-electron chi connectivity index (χ3n) is 6.93. The first-order valence-electron chi connectivity index (χ1n) is 10.8. The monoisotopic (exact) mass is 433 g/mol. The van der Waals surface area contributed by atoms with E-state index in [2.05, 4.69) is 0 Å². The highest BCUT2D eigenvalue weighted by Gasteiger charge is 2.52. The molecule has 1 spiro atoms. The fraction of sp³-hybridized carbons (Fsp3) is 0.636. The van der Waals surface area contributed by atoms with E-state index < -0.39 is 15.4 Å². The largest absolute Gasteiger partial charge is 0.283 e. The molecule has 164 valence electrons. The van der Waals surface area contributed by atoms with E-state index in [9.17, 15) is 18.0 Å². The lowest BCUT2D eigenvalue weighted by Gasteiger charge is -2.36. The minimum absolute atomic E-state index is 0.0223. The van der Waals surface area contributed by atoms with Crippen molar-refractivity contribution in [3.63, 3.8) is 0 Å². The molecule has 3 aliphatic rings. The first-order chi connectivity index (χ1) is 14.1. The molecule has 30 heavy (non-hydrogen) atoms. The number of amides is 2. The van der Waals surface area contributed by atoms with E-state index in [4.69, 9.17) is 0 Å². The molecule has 0 unspecified atom stereocenters. The Kier molecular flexibility index (Phi) is 5.53. The van der Waals surface area contributed by atoms with Gasteiger partial charge in [0.15, 0.2) is 0 Å². The number of carbonyl (C=O) groups is 2. The van der Waals surface area contributed by atoms with Crippen LogP contribution in [0.1, 0.15) is 48.8 Å². The van der Waals surface area contributed by atoms with Gasteiger partial charge in [0, 0.05) is 32.6 Å². The summed E-state index contributed by atoms with van der Waals surface area (Å²) in [5.74, 6) is -0.103. The van der Waals surface area contributed by atoms with Crippen LogP contribution >= 0.6 is 0 Å². The molecule has 0 aromatic heterocycles. The Morgan fingerprint density at radius 3 is 2.07 bits per heavy atom. The number of carbonyl (C=O) groups excluding carboxylic acids is 2. The molecule has 2 heterocycles. The number of hydrogen-bond acceptors (Lipinski definition) is 5. The van der Waals surface area contributed by atoms with Crippen LogP contribution in [0.25, 0.3) is 0 Å². The van der Waals surface area contributed by atoms with Crippen molar-refractivity contribution in [2.75, 3.05) is 32.8 Å². The summed E-state index contributed by atoms with van der Waals surface area (Å²) in [7, 11) is -3.57. The van der Waals surface area contributed by atoms with E-state index in [1.54, 1.807) is 0 Å². The van der Waals surface area contributed by atoms with Gasteiger partial charge in [0.25, 0.3) is 0 Å². The Balaban J connectivity index is 1.42. The van der Waals surface area contributed by atoms with Crippen molar-refractivity contribution in [1.82, 2.24) is 14.1 Å². The van der Waals surface area contributed by atoms with Gasteiger partial charge in [-0.1, -0.05) is 30.5 Å². The summed E-state index contributed by atoms with van der Waals surface area (Å²) in [6.45, 7) is 7.65. The van der Waals surface area contributed by atoms with Crippen LogP contribution in [0.5, 0.6) is 0 Å². The fourth-order valence-electron chi connectivity index (χ4n) is 5.46. The molecule has 0 atom stereocenters. The van der Waals surface area contributed by atoms with E-state index in [0.717, 1.165) is 42.4 Å². The van der Waals surface area contributed by atoms with Crippen LogP contribution in [0.4, 0.5) is 0 Å². The third-order valence-corrected chi connectivity index (χ3v) is 9.13. The zero-order valence-electron chi connectivity index (χ0n) is 18.1. The molecule has 4 rings (SSSR count). The topological polar surface area (TPSA) is 78.0 Å². The number of rotatable bonds is 4. The lowest BCUT2D eigenvalue weighted by atomic mass is 9.85. The van der Waals surface area contributed by atoms with Crippen LogP contribution in [0, 0.1) is 26.2 Å². The number of nitrogens with zero attached hydrogens (tertiary/aromatic N) is 3. The number of benzene rings is 1. The molecule has 0 N–H and O–H groups in total. The standard InChI is InChI=1S/C22H31N3O4S/c1-16-12-17(2)20(18(3)13-16)30(28,29)24-10-8-23(9-11-24)15-25-19(26)14-22(21(25)27)6-4-5-7-22/h12-13H,4-11,14-15H2,1-3H3. The van der Waals surface area contributed by atoms with E-state index in [1.165, 1.54) is 9.21 Å². The summed E-state index contributed by atoms with van der Waals surface area (Å²) in [4.78, 5) is 29.2. The summed E-state index contributed by atoms with van der Waals surface area (Å²) in [6.07, 6.45) is 4.00. The van der Waals surface area contributed by atoms with Crippen molar-refractivity contribution in [3.05, 3.63) is 28.8 Å². The SMILES string of the molecule is Cc1cc(C)c(S(=O)(=O)N2CCN(CN3C(=O)CC4(CCCC4)C3=O)CC2)c(C)c1. The number of imide groups is 1. The van der Waals surface area contributed by atoms with Gasteiger partial charge in [-0.05, 0) is 44.7 Å². The number of aryl methyl sites for hydroxylation is 3. The molecule has 2 saturated heterocycles. The maximum absolute atomic E-state index is 13.3. The highest BCUT2D eigenvalue weighted by atomic mass is 32.2. The maximum Gasteiger partial charge on any atom is 0.243 e. The zero-order valence-corrected chi connectivity index (χ0v) is 18.9. The van der Waals surface area contributed by atoms with Gasteiger partial charge in [-0.25, -0.2) is 8.42 Å². The van der Waals surface area contributed by atoms with E-state index in [-0.39, 0.29) is 18.5 Å². The molecule has 1 aromatic rings. The number of hydrogen-bond donors (Lipinski definition) is 0. The first-order valence-corrected chi connectivity index (χ1v) is 12.2. The molecule has 8 heteroatoms. The van der Waals surface area contributed by atoms with Crippen molar-refractivity contribution in [2.45, 2.75) is 57.8 Å². The Hall–Kier alpha value is -1.77. The highest BCUT2D eigenvalue weighted by molar-refractivity contribution is 7.89. The van der Waals surface area contributed by atoms with Crippen LogP contribution < -0.4 is 0 Å². The molecule has 2 aliphatic heterocycles. The second-order valence-corrected chi connectivity index (χ2v) is 11.1. The lowest BCUT2D eigenvalue weighted by molar-refractivity contribution is -0.144. The van der Waals surface area contributed by atoms with E-state index >= 15 is 0 Å². The van der Waals surface area contributed by atoms with Gasteiger partial charge in [-0.3, -0.25) is 19.4 Å². The molecular formula is C22H31N3O4S. The average molecular weight is 434 g/mol. The Morgan fingerprint density at radius 2 is 1.50 bits per heavy atom. The van der Waals surface area contributed by atoms with Gasteiger partial charge in [-0.15, -0.1) is 0 Å². The van der Waals surface area contributed by atoms with Gasteiger partial charge < -0.3 is 0 Å². The molecule has 1 aromatic carbocycles. The minimum Gasteiger partial charge on any atom is -0.283 e. The predicted octanol–water partition coefficient (Wildman–Crippen LogP) is 2.19. The van der Waals surface area contributed by atoms with Crippen LogP contribution in [0.15, 0.2) is 17.0 Å². The van der Waals surface area contributed by atoms with Crippen LogP contribution in [-0.4, -0.2) is 67.2 Å². The lowest BCUT2D eigenvalue weighted by Crippen LogP contribution is -2.52. The molecule has 7 nitrogen and oxygen atoms in total. The molecular weight excluding hydrogens is 402 g/mol. The van der Waals surface area contributed by atoms with Crippen LogP contribution in [-0.2, 0) is 19.6 Å². The van der Waals surface area contributed by atoms with Crippen molar-refractivity contribution in [3.8, 4) is 0 Å². The smallest absolute Gasteiger partial charge is 0.243 e. The molecule has 1 saturated carbocycles. The first kappa shape index (κ1) is 21.5. The Labute approximate surface area is 179 Å². The van der Waals surface area contributed by atoms with Gasteiger partial charge in [0.05, 0.1) is 17.0 Å². The highest BCUT2D eigenvalue weighted by Crippen LogP contribution is 2.46. The second kappa shape index (κ2) is 7.73. The zero-order chi connectivity index (χ0) is 21.7. The van der Waals surface area contributed by atoms with Crippen LogP contribution in [0.3, 0.4) is 0 Å². The fourth-order valence-corrected chi connectivity index (χ4v) is 7.29. The Bertz CT molecular complexity index is 951. The quantitative estimate of drug-likeness (QED) is 0.681. The van der Waals surface area contributed by atoms with Crippen molar-refractivity contribution < 1.29 is 18.0 Å². The summed E-state index contributed by atoms with van der Waals surface area (Å²) in [5.41, 5.74) is 2.13.